The number of carbonyl (C=O) groups is 1. The van der Waals surface area contributed by atoms with Crippen LogP contribution in [0.3, 0.4) is 0 Å². The second-order valence-electron chi connectivity index (χ2n) is 5.44. The first-order valence-corrected chi connectivity index (χ1v) is 8.21. The van der Waals surface area contributed by atoms with Gasteiger partial charge in [0, 0.05) is 11.8 Å². The highest BCUT2D eigenvalue weighted by molar-refractivity contribution is 6.04. The van der Waals surface area contributed by atoms with Gasteiger partial charge in [0.2, 0.25) is 0 Å². The highest BCUT2D eigenvalue weighted by atomic mass is 19.1. The molecule has 1 N–H and O–H groups in total. The van der Waals surface area contributed by atoms with Crippen LogP contribution in [0.5, 0.6) is 11.5 Å². The molecule has 0 radical (unpaired) electrons. The minimum absolute atomic E-state index is 0.359. The maximum absolute atomic E-state index is 13.7. The average molecular weight is 349 g/mol. The average Bonchev–Trinajstić information content (AvgIpc) is 2.61. The highest BCUT2D eigenvalue weighted by Gasteiger charge is 2.14. The van der Waals surface area contributed by atoms with Crippen molar-refractivity contribution in [1.29, 1.82) is 0 Å². The lowest BCUT2D eigenvalue weighted by Gasteiger charge is -2.14. The zero-order valence-electron chi connectivity index (χ0n) is 14.3. The van der Waals surface area contributed by atoms with Crippen LogP contribution in [0.4, 0.5) is 14.5 Å². The predicted molar refractivity (Wildman–Crippen MR) is 92.3 cm³/mol. The lowest BCUT2D eigenvalue weighted by Crippen LogP contribution is -2.14. The van der Waals surface area contributed by atoms with Crippen molar-refractivity contribution in [3.8, 4) is 11.5 Å². The summed E-state index contributed by atoms with van der Waals surface area (Å²) in [4.78, 5) is 12.2. The highest BCUT2D eigenvalue weighted by Crippen LogP contribution is 2.31. The minimum atomic E-state index is -0.788. The number of rotatable bonds is 8. The SMILES string of the molecule is CCCOc1ccc(NC(=O)c2cc(F)ccc2F)cc1OCCC. The summed E-state index contributed by atoms with van der Waals surface area (Å²) in [6.45, 7) is 5.01. The Hall–Kier alpha value is -2.63. The maximum Gasteiger partial charge on any atom is 0.258 e. The van der Waals surface area contributed by atoms with E-state index in [1.54, 1.807) is 18.2 Å². The fourth-order valence-electron chi connectivity index (χ4n) is 2.11. The van der Waals surface area contributed by atoms with Gasteiger partial charge in [0.25, 0.3) is 5.91 Å². The Morgan fingerprint density at radius 1 is 0.960 bits per heavy atom. The first kappa shape index (κ1) is 18.7. The molecule has 0 bridgehead atoms. The van der Waals surface area contributed by atoms with Crippen LogP contribution in [0.2, 0.25) is 0 Å². The molecule has 0 unspecified atom stereocenters. The van der Waals surface area contributed by atoms with E-state index in [0.717, 1.165) is 31.0 Å². The second-order valence-corrected chi connectivity index (χ2v) is 5.44. The fourth-order valence-corrected chi connectivity index (χ4v) is 2.11. The summed E-state index contributed by atoms with van der Waals surface area (Å²) < 4.78 is 38.2. The Morgan fingerprint density at radius 2 is 1.64 bits per heavy atom. The quantitative estimate of drug-likeness (QED) is 0.745. The number of ether oxygens (including phenoxy) is 2. The van der Waals surface area contributed by atoms with Crippen LogP contribution >= 0.6 is 0 Å². The third kappa shape index (κ3) is 5.17. The van der Waals surface area contributed by atoms with Gasteiger partial charge < -0.3 is 14.8 Å². The van der Waals surface area contributed by atoms with E-state index in [4.69, 9.17) is 9.47 Å². The van der Waals surface area contributed by atoms with E-state index in [0.29, 0.717) is 30.4 Å². The second kappa shape index (κ2) is 9.01. The predicted octanol–water partition coefficient (Wildman–Crippen LogP) is 4.79. The van der Waals surface area contributed by atoms with Gasteiger partial charge in [-0.15, -0.1) is 0 Å². The molecule has 6 heteroatoms. The molecule has 0 aliphatic heterocycles. The van der Waals surface area contributed by atoms with Crippen molar-refractivity contribution in [1.82, 2.24) is 0 Å². The summed E-state index contributed by atoms with van der Waals surface area (Å²) >= 11 is 0. The third-order valence-electron chi connectivity index (χ3n) is 3.30. The molecular formula is C19H21F2NO3. The van der Waals surface area contributed by atoms with Gasteiger partial charge in [-0.2, -0.15) is 0 Å². The normalized spacial score (nSPS) is 10.4. The Kier molecular flexibility index (Phi) is 6.74. The largest absolute Gasteiger partial charge is 0.490 e. The summed E-state index contributed by atoms with van der Waals surface area (Å²) in [5.74, 6) is -1.13. The van der Waals surface area contributed by atoms with E-state index in [2.05, 4.69) is 5.32 Å². The van der Waals surface area contributed by atoms with Gasteiger partial charge in [-0.3, -0.25) is 4.79 Å². The lowest BCUT2D eigenvalue weighted by molar-refractivity contribution is 0.102. The van der Waals surface area contributed by atoms with Gasteiger partial charge in [-0.1, -0.05) is 13.8 Å². The van der Waals surface area contributed by atoms with E-state index in [9.17, 15) is 13.6 Å². The molecule has 4 nitrogen and oxygen atoms in total. The van der Waals surface area contributed by atoms with Gasteiger partial charge in [0.1, 0.15) is 11.6 Å². The summed E-state index contributed by atoms with van der Waals surface area (Å²) in [5.41, 5.74) is 0.0472. The number of hydrogen-bond acceptors (Lipinski definition) is 3. The van der Waals surface area contributed by atoms with Crippen LogP contribution in [0, 0.1) is 11.6 Å². The van der Waals surface area contributed by atoms with Crippen molar-refractivity contribution in [3.63, 3.8) is 0 Å². The summed E-state index contributed by atoms with van der Waals surface area (Å²) in [6, 6.07) is 7.65. The van der Waals surface area contributed by atoms with Crippen LogP contribution in [-0.2, 0) is 0 Å². The van der Waals surface area contributed by atoms with Gasteiger partial charge in [0.15, 0.2) is 11.5 Å². The lowest BCUT2D eigenvalue weighted by atomic mass is 10.2. The first-order chi connectivity index (χ1) is 12.0. The van der Waals surface area contributed by atoms with Crippen molar-refractivity contribution in [3.05, 3.63) is 53.6 Å². The molecule has 0 aliphatic rings. The Morgan fingerprint density at radius 3 is 2.32 bits per heavy atom. The summed E-state index contributed by atoms with van der Waals surface area (Å²) in [6.07, 6.45) is 1.67. The van der Waals surface area contributed by atoms with Crippen LogP contribution in [0.25, 0.3) is 0 Å². The number of halogens is 2. The summed E-state index contributed by atoms with van der Waals surface area (Å²) in [5, 5.41) is 2.55. The number of anilines is 1. The van der Waals surface area contributed by atoms with Gasteiger partial charge in [-0.25, -0.2) is 8.78 Å². The third-order valence-corrected chi connectivity index (χ3v) is 3.30. The molecule has 1 amide bonds. The molecule has 0 saturated carbocycles. The molecular weight excluding hydrogens is 328 g/mol. The molecule has 0 aliphatic carbocycles. The number of benzene rings is 2. The molecule has 0 heterocycles. The Balaban J connectivity index is 2.20. The van der Waals surface area contributed by atoms with Crippen LogP contribution in [0.15, 0.2) is 36.4 Å². The van der Waals surface area contributed by atoms with Crippen molar-refractivity contribution in [2.75, 3.05) is 18.5 Å². The Labute approximate surface area is 145 Å². The van der Waals surface area contributed by atoms with Crippen molar-refractivity contribution < 1.29 is 23.0 Å². The molecule has 0 atom stereocenters. The molecule has 2 aromatic carbocycles. The minimum Gasteiger partial charge on any atom is -0.490 e. The van der Waals surface area contributed by atoms with Crippen molar-refractivity contribution >= 4 is 11.6 Å². The molecule has 134 valence electrons. The van der Waals surface area contributed by atoms with Crippen LogP contribution in [0.1, 0.15) is 37.0 Å². The number of nitrogens with one attached hydrogen (secondary N) is 1. The zero-order valence-corrected chi connectivity index (χ0v) is 14.3. The van der Waals surface area contributed by atoms with Gasteiger partial charge in [-0.05, 0) is 43.2 Å². The number of hydrogen-bond donors (Lipinski definition) is 1. The smallest absolute Gasteiger partial charge is 0.258 e. The van der Waals surface area contributed by atoms with E-state index in [-0.39, 0.29) is 5.56 Å². The van der Waals surface area contributed by atoms with Crippen LogP contribution < -0.4 is 14.8 Å². The first-order valence-electron chi connectivity index (χ1n) is 8.21. The molecule has 0 spiro atoms. The molecule has 0 saturated heterocycles. The molecule has 0 aromatic heterocycles. The number of carbonyl (C=O) groups excluding carboxylic acids is 1. The van der Waals surface area contributed by atoms with E-state index in [1.807, 2.05) is 13.8 Å². The molecule has 2 aromatic rings. The van der Waals surface area contributed by atoms with E-state index >= 15 is 0 Å². The van der Waals surface area contributed by atoms with Crippen molar-refractivity contribution in [2.45, 2.75) is 26.7 Å². The van der Waals surface area contributed by atoms with Gasteiger partial charge in [0.05, 0.1) is 18.8 Å². The maximum atomic E-state index is 13.7. The van der Waals surface area contributed by atoms with E-state index < -0.39 is 17.5 Å². The molecule has 25 heavy (non-hydrogen) atoms. The standard InChI is InChI=1S/C19H21F2NO3/c1-3-9-24-17-8-6-14(12-18(17)25-10-4-2)22-19(23)15-11-13(20)5-7-16(15)21/h5-8,11-12H,3-4,9-10H2,1-2H3,(H,22,23). The fraction of sp³-hybridized carbons (Fsp3) is 0.316. The monoisotopic (exact) mass is 349 g/mol. The topological polar surface area (TPSA) is 47.6 Å². The van der Waals surface area contributed by atoms with Crippen LogP contribution in [-0.4, -0.2) is 19.1 Å². The number of amides is 1. The summed E-state index contributed by atoms with van der Waals surface area (Å²) in [7, 11) is 0. The van der Waals surface area contributed by atoms with Crippen molar-refractivity contribution in [2.24, 2.45) is 0 Å². The molecule has 2 rings (SSSR count). The molecule has 0 fully saturated rings. The van der Waals surface area contributed by atoms with Gasteiger partial charge >= 0.3 is 0 Å². The van der Waals surface area contributed by atoms with E-state index in [1.165, 1.54) is 0 Å². The zero-order chi connectivity index (χ0) is 18.2. The Bertz CT molecular complexity index is 735.